The molecule has 0 fully saturated rings. The van der Waals surface area contributed by atoms with Gasteiger partial charge >= 0.3 is 0 Å². The number of nitrogens with zero attached hydrogens (tertiary/aromatic N) is 5. The van der Waals surface area contributed by atoms with Gasteiger partial charge in [-0.15, -0.1) is 0 Å². The highest BCUT2D eigenvalue weighted by Gasteiger charge is 2.05. The molecule has 0 atom stereocenters. The van der Waals surface area contributed by atoms with Crippen LogP contribution in [0.5, 0.6) is 0 Å². The fourth-order valence-corrected chi connectivity index (χ4v) is 1.91. The second-order valence-electron chi connectivity index (χ2n) is 4.62. The van der Waals surface area contributed by atoms with Crippen LogP contribution in [0.1, 0.15) is 5.56 Å². The van der Waals surface area contributed by atoms with E-state index in [1.54, 1.807) is 12.4 Å². The molecule has 20 heavy (non-hydrogen) atoms. The number of nitrogens with one attached hydrogen (secondary N) is 2. The summed E-state index contributed by atoms with van der Waals surface area (Å²) in [7, 11) is 3.94. The van der Waals surface area contributed by atoms with Crippen molar-refractivity contribution in [2.45, 2.75) is 6.54 Å². The highest BCUT2D eigenvalue weighted by molar-refractivity contribution is 5.85. The van der Waals surface area contributed by atoms with E-state index in [0.717, 1.165) is 28.2 Å². The number of H-pyrrole nitrogens is 1. The number of fused-ring (bicyclic) bond motifs is 1. The SMILES string of the molecule is CN(C)c1cc(CNc2ncnc3[nH]ncc23)ccn1. The first-order chi connectivity index (χ1) is 9.74. The molecule has 7 heteroatoms. The Balaban J connectivity index is 1.79. The van der Waals surface area contributed by atoms with E-state index in [2.05, 4.69) is 30.5 Å². The van der Waals surface area contributed by atoms with Crippen molar-refractivity contribution in [1.29, 1.82) is 0 Å². The highest BCUT2D eigenvalue weighted by atomic mass is 15.2. The lowest BCUT2D eigenvalue weighted by Gasteiger charge is -2.12. The van der Waals surface area contributed by atoms with Gasteiger partial charge in [0.2, 0.25) is 0 Å². The van der Waals surface area contributed by atoms with Crippen LogP contribution in [0.15, 0.2) is 30.9 Å². The molecule has 0 aliphatic carbocycles. The van der Waals surface area contributed by atoms with Crippen LogP contribution in [0.2, 0.25) is 0 Å². The first-order valence-electron chi connectivity index (χ1n) is 6.24. The van der Waals surface area contributed by atoms with Crippen LogP contribution < -0.4 is 10.2 Å². The maximum Gasteiger partial charge on any atom is 0.160 e. The van der Waals surface area contributed by atoms with Crippen molar-refractivity contribution in [2.75, 3.05) is 24.3 Å². The lowest BCUT2D eigenvalue weighted by atomic mass is 10.2. The summed E-state index contributed by atoms with van der Waals surface area (Å²) in [4.78, 5) is 14.6. The molecule has 7 nitrogen and oxygen atoms in total. The predicted octanol–water partition coefficient (Wildman–Crippen LogP) is 1.43. The summed E-state index contributed by atoms with van der Waals surface area (Å²) in [6, 6.07) is 4.02. The maximum absolute atomic E-state index is 4.29. The fourth-order valence-electron chi connectivity index (χ4n) is 1.91. The number of anilines is 2. The molecule has 0 unspecified atom stereocenters. The van der Waals surface area contributed by atoms with Gasteiger partial charge in [0.25, 0.3) is 0 Å². The first kappa shape index (κ1) is 12.3. The van der Waals surface area contributed by atoms with Crippen molar-refractivity contribution in [1.82, 2.24) is 25.1 Å². The summed E-state index contributed by atoms with van der Waals surface area (Å²) in [5.74, 6) is 1.70. The molecule has 3 aromatic rings. The molecule has 3 rings (SSSR count). The maximum atomic E-state index is 4.29. The van der Waals surface area contributed by atoms with E-state index in [1.807, 2.05) is 31.1 Å². The molecule has 0 radical (unpaired) electrons. The first-order valence-corrected chi connectivity index (χ1v) is 6.24. The standard InChI is InChI=1S/C13H15N7/c1-20(2)11-5-9(3-4-14-11)6-15-12-10-7-18-19-13(10)17-8-16-12/h3-5,7-8H,6H2,1-2H3,(H2,15,16,17,18,19). The zero-order valence-corrected chi connectivity index (χ0v) is 11.3. The number of hydrogen-bond donors (Lipinski definition) is 2. The number of rotatable bonds is 4. The minimum absolute atomic E-state index is 0.667. The number of hydrogen-bond acceptors (Lipinski definition) is 6. The molecule has 0 aromatic carbocycles. The van der Waals surface area contributed by atoms with Crippen molar-refractivity contribution < 1.29 is 0 Å². The third kappa shape index (κ3) is 2.37. The van der Waals surface area contributed by atoms with Crippen LogP contribution in [0.4, 0.5) is 11.6 Å². The van der Waals surface area contributed by atoms with Gasteiger partial charge in [0.15, 0.2) is 5.65 Å². The van der Waals surface area contributed by atoms with Crippen LogP contribution in [0, 0.1) is 0 Å². The van der Waals surface area contributed by atoms with Crippen LogP contribution in [0.25, 0.3) is 11.0 Å². The molecular formula is C13H15N7. The summed E-state index contributed by atoms with van der Waals surface area (Å²) < 4.78 is 0. The monoisotopic (exact) mass is 269 g/mol. The number of aromatic amines is 1. The summed E-state index contributed by atoms with van der Waals surface area (Å²) >= 11 is 0. The predicted molar refractivity (Wildman–Crippen MR) is 77.6 cm³/mol. The third-order valence-corrected chi connectivity index (χ3v) is 2.98. The molecule has 2 N–H and O–H groups in total. The van der Waals surface area contributed by atoms with E-state index in [4.69, 9.17) is 0 Å². The Labute approximate surface area is 116 Å². The largest absolute Gasteiger partial charge is 0.365 e. The van der Waals surface area contributed by atoms with Gasteiger partial charge in [-0.05, 0) is 17.7 Å². The quantitative estimate of drug-likeness (QED) is 0.745. The molecule has 0 bridgehead atoms. The topological polar surface area (TPSA) is 82.6 Å². The van der Waals surface area contributed by atoms with Gasteiger partial charge in [-0.1, -0.05) is 0 Å². The lowest BCUT2D eigenvalue weighted by Crippen LogP contribution is -2.11. The van der Waals surface area contributed by atoms with Crippen molar-refractivity contribution in [3.63, 3.8) is 0 Å². The van der Waals surface area contributed by atoms with Crippen LogP contribution in [-0.4, -0.2) is 39.2 Å². The van der Waals surface area contributed by atoms with E-state index >= 15 is 0 Å². The Morgan fingerprint density at radius 1 is 1.25 bits per heavy atom. The van der Waals surface area contributed by atoms with Gasteiger partial charge < -0.3 is 10.2 Å². The van der Waals surface area contributed by atoms with Gasteiger partial charge in [-0.2, -0.15) is 5.10 Å². The van der Waals surface area contributed by atoms with Gasteiger partial charge in [0, 0.05) is 26.8 Å². The number of pyridine rings is 1. The Morgan fingerprint density at radius 2 is 2.15 bits per heavy atom. The minimum atomic E-state index is 0.667. The van der Waals surface area contributed by atoms with E-state index in [-0.39, 0.29) is 0 Å². The zero-order valence-electron chi connectivity index (χ0n) is 11.3. The van der Waals surface area contributed by atoms with Crippen molar-refractivity contribution in [2.24, 2.45) is 0 Å². The number of aromatic nitrogens is 5. The third-order valence-electron chi connectivity index (χ3n) is 2.98. The minimum Gasteiger partial charge on any atom is -0.365 e. The van der Waals surface area contributed by atoms with Crippen LogP contribution in [0.3, 0.4) is 0 Å². The van der Waals surface area contributed by atoms with Gasteiger partial charge in [-0.3, -0.25) is 5.10 Å². The van der Waals surface area contributed by atoms with E-state index < -0.39 is 0 Å². The summed E-state index contributed by atoms with van der Waals surface area (Å²) in [6.07, 6.45) is 5.04. The molecule has 3 aromatic heterocycles. The Morgan fingerprint density at radius 3 is 3.00 bits per heavy atom. The molecule has 3 heterocycles. The van der Waals surface area contributed by atoms with Gasteiger partial charge in [0.05, 0.1) is 11.6 Å². The Hall–Kier alpha value is -2.70. The van der Waals surface area contributed by atoms with Crippen molar-refractivity contribution >= 4 is 22.7 Å². The van der Waals surface area contributed by atoms with Crippen LogP contribution in [-0.2, 0) is 6.54 Å². The molecule has 0 amide bonds. The molecule has 0 aliphatic rings. The Kier molecular flexibility index (Phi) is 3.16. The van der Waals surface area contributed by atoms with E-state index in [9.17, 15) is 0 Å². The fraction of sp³-hybridized carbons (Fsp3) is 0.231. The summed E-state index contributed by atoms with van der Waals surface area (Å²) in [5, 5.41) is 11.0. The lowest BCUT2D eigenvalue weighted by molar-refractivity contribution is 1.04. The molecule has 0 spiro atoms. The van der Waals surface area contributed by atoms with Crippen molar-refractivity contribution in [3.8, 4) is 0 Å². The van der Waals surface area contributed by atoms with E-state index in [1.165, 1.54) is 6.33 Å². The second-order valence-corrected chi connectivity index (χ2v) is 4.62. The molecular weight excluding hydrogens is 254 g/mol. The van der Waals surface area contributed by atoms with Gasteiger partial charge in [-0.25, -0.2) is 15.0 Å². The summed E-state index contributed by atoms with van der Waals surface area (Å²) in [5.41, 5.74) is 1.87. The normalized spacial score (nSPS) is 10.7. The summed E-state index contributed by atoms with van der Waals surface area (Å²) in [6.45, 7) is 0.667. The molecule has 0 aliphatic heterocycles. The van der Waals surface area contributed by atoms with Crippen molar-refractivity contribution in [3.05, 3.63) is 36.4 Å². The smallest absolute Gasteiger partial charge is 0.160 e. The Bertz CT molecular complexity index is 719. The zero-order chi connectivity index (χ0) is 13.9. The molecule has 0 saturated heterocycles. The highest BCUT2D eigenvalue weighted by Crippen LogP contribution is 2.17. The van der Waals surface area contributed by atoms with E-state index in [0.29, 0.717) is 6.54 Å². The average molecular weight is 269 g/mol. The van der Waals surface area contributed by atoms with Crippen LogP contribution >= 0.6 is 0 Å². The van der Waals surface area contributed by atoms with Gasteiger partial charge in [0.1, 0.15) is 18.0 Å². The molecule has 102 valence electrons. The second kappa shape index (κ2) is 5.12. The average Bonchev–Trinajstić information content (AvgIpc) is 2.94. The molecule has 0 saturated carbocycles.